The molecule has 4 nitrogen and oxygen atoms in total. The van der Waals surface area contributed by atoms with Crippen LogP contribution in [-0.2, 0) is 9.53 Å². The standard InChI is InChI=1S/C14H23NO3/c1-3-18-13(16)10-7-5-4-6-8-11-12(10)15-9-14(11,2)17/h11,15,17H,3-9H2,1-2H3/b12-10-. The number of carbonyl (C=O) groups excluding carboxylic acids is 1. The number of β-amino-alcohol motifs (C(OH)–C–C–N with tert-alkyl or cyclic N) is 1. The van der Waals surface area contributed by atoms with Crippen molar-refractivity contribution in [1.29, 1.82) is 0 Å². The van der Waals surface area contributed by atoms with Crippen molar-refractivity contribution < 1.29 is 14.6 Å². The Labute approximate surface area is 108 Å². The van der Waals surface area contributed by atoms with E-state index in [2.05, 4.69) is 5.32 Å². The van der Waals surface area contributed by atoms with E-state index in [1.165, 1.54) is 0 Å². The summed E-state index contributed by atoms with van der Waals surface area (Å²) in [7, 11) is 0. The lowest BCUT2D eigenvalue weighted by Gasteiger charge is -2.27. The largest absolute Gasteiger partial charge is 0.463 e. The average molecular weight is 253 g/mol. The molecule has 1 aliphatic heterocycles. The van der Waals surface area contributed by atoms with E-state index in [1.54, 1.807) is 0 Å². The van der Waals surface area contributed by atoms with Crippen LogP contribution >= 0.6 is 0 Å². The van der Waals surface area contributed by atoms with E-state index >= 15 is 0 Å². The van der Waals surface area contributed by atoms with Gasteiger partial charge in [0, 0.05) is 18.2 Å². The number of hydrogen-bond acceptors (Lipinski definition) is 4. The first-order chi connectivity index (χ1) is 8.56. The van der Waals surface area contributed by atoms with E-state index in [0.717, 1.165) is 43.4 Å². The average Bonchev–Trinajstić information content (AvgIpc) is 2.54. The Bertz CT molecular complexity index is 360. The molecule has 0 saturated carbocycles. The second-order valence-corrected chi connectivity index (χ2v) is 5.48. The summed E-state index contributed by atoms with van der Waals surface area (Å²) in [5, 5.41) is 13.6. The molecule has 102 valence electrons. The summed E-state index contributed by atoms with van der Waals surface area (Å²) in [4.78, 5) is 12.0. The highest BCUT2D eigenvalue weighted by molar-refractivity contribution is 5.89. The number of carbonyl (C=O) groups is 1. The van der Waals surface area contributed by atoms with Gasteiger partial charge in [-0.05, 0) is 33.1 Å². The first-order valence-corrected chi connectivity index (χ1v) is 6.92. The van der Waals surface area contributed by atoms with Gasteiger partial charge in [-0.3, -0.25) is 0 Å². The van der Waals surface area contributed by atoms with E-state index in [9.17, 15) is 9.90 Å². The number of fused-ring (bicyclic) bond motifs is 1. The molecule has 0 amide bonds. The van der Waals surface area contributed by atoms with Crippen molar-refractivity contribution >= 4 is 5.97 Å². The third-order valence-electron chi connectivity index (χ3n) is 4.00. The number of esters is 1. The Morgan fingerprint density at radius 2 is 2.28 bits per heavy atom. The highest BCUT2D eigenvalue weighted by atomic mass is 16.5. The Kier molecular flexibility index (Phi) is 3.95. The zero-order valence-corrected chi connectivity index (χ0v) is 11.3. The van der Waals surface area contributed by atoms with Gasteiger partial charge in [0.25, 0.3) is 0 Å². The van der Waals surface area contributed by atoms with E-state index in [4.69, 9.17) is 4.74 Å². The molecule has 0 aromatic rings. The minimum Gasteiger partial charge on any atom is -0.463 e. The molecule has 1 heterocycles. The van der Waals surface area contributed by atoms with Gasteiger partial charge in [-0.1, -0.05) is 12.8 Å². The summed E-state index contributed by atoms with van der Waals surface area (Å²) in [5.74, 6) is -0.165. The van der Waals surface area contributed by atoms with Gasteiger partial charge in [0.15, 0.2) is 0 Å². The van der Waals surface area contributed by atoms with Crippen LogP contribution in [0.2, 0.25) is 0 Å². The molecular weight excluding hydrogens is 230 g/mol. The quantitative estimate of drug-likeness (QED) is 0.736. The predicted molar refractivity (Wildman–Crippen MR) is 68.9 cm³/mol. The molecule has 4 heteroatoms. The monoisotopic (exact) mass is 253 g/mol. The van der Waals surface area contributed by atoms with Crippen LogP contribution in [0.4, 0.5) is 0 Å². The maximum absolute atomic E-state index is 12.0. The highest BCUT2D eigenvalue weighted by Crippen LogP contribution is 2.38. The van der Waals surface area contributed by atoms with Crippen molar-refractivity contribution in [3.05, 3.63) is 11.3 Å². The summed E-state index contributed by atoms with van der Waals surface area (Å²) >= 11 is 0. The Hall–Kier alpha value is -1.03. The molecule has 2 aliphatic rings. The van der Waals surface area contributed by atoms with Gasteiger partial charge in [-0.25, -0.2) is 4.79 Å². The predicted octanol–water partition coefficient (Wildman–Crippen LogP) is 1.74. The summed E-state index contributed by atoms with van der Waals surface area (Å²) in [5.41, 5.74) is 0.933. The first kappa shape index (κ1) is 13.4. The van der Waals surface area contributed by atoms with E-state index in [1.807, 2.05) is 13.8 Å². The highest BCUT2D eigenvalue weighted by Gasteiger charge is 2.42. The number of aliphatic hydroxyl groups is 1. The molecule has 1 saturated heterocycles. The second kappa shape index (κ2) is 5.31. The van der Waals surface area contributed by atoms with Gasteiger partial charge in [0.2, 0.25) is 0 Å². The minimum absolute atomic E-state index is 0.0530. The van der Waals surface area contributed by atoms with Crippen LogP contribution in [0.25, 0.3) is 0 Å². The number of rotatable bonds is 2. The Morgan fingerprint density at radius 1 is 1.50 bits per heavy atom. The van der Waals surface area contributed by atoms with Crippen molar-refractivity contribution in [2.24, 2.45) is 5.92 Å². The normalized spacial score (nSPS) is 36.3. The maximum atomic E-state index is 12.0. The molecular formula is C14H23NO3. The number of ether oxygens (including phenoxy) is 1. The van der Waals surface area contributed by atoms with E-state index in [-0.39, 0.29) is 11.9 Å². The molecule has 0 spiro atoms. The Balaban J connectivity index is 2.32. The van der Waals surface area contributed by atoms with Crippen LogP contribution in [0, 0.1) is 5.92 Å². The van der Waals surface area contributed by atoms with Crippen LogP contribution in [0.1, 0.15) is 46.0 Å². The zero-order chi connectivity index (χ0) is 13.2. The van der Waals surface area contributed by atoms with Crippen LogP contribution in [0.3, 0.4) is 0 Å². The summed E-state index contributed by atoms with van der Waals surface area (Å²) in [6.07, 6.45) is 4.95. The van der Waals surface area contributed by atoms with Crippen molar-refractivity contribution in [1.82, 2.24) is 5.32 Å². The van der Waals surface area contributed by atoms with Gasteiger partial charge in [0.1, 0.15) is 0 Å². The van der Waals surface area contributed by atoms with Crippen molar-refractivity contribution in [3.63, 3.8) is 0 Å². The maximum Gasteiger partial charge on any atom is 0.335 e. The molecule has 2 N–H and O–H groups in total. The van der Waals surface area contributed by atoms with Crippen molar-refractivity contribution in [2.45, 2.75) is 51.6 Å². The van der Waals surface area contributed by atoms with Crippen molar-refractivity contribution in [2.75, 3.05) is 13.2 Å². The third kappa shape index (κ3) is 2.53. The van der Waals surface area contributed by atoms with Gasteiger partial charge in [0.05, 0.1) is 17.8 Å². The van der Waals surface area contributed by atoms with E-state index in [0.29, 0.717) is 13.2 Å². The van der Waals surface area contributed by atoms with Gasteiger partial charge in [-0.15, -0.1) is 0 Å². The molecule has 18 heavy (non-hydrogen) atoms. The van der Waals surface area contributed by atoms with Crippen molar-refractivity contribution in [3.8, 4) is 0 Å². The minimum atomic E-state index is -0.746. The summed E-state index contributed by atoms with van der Waals surface area (Å²) in [6, 6.07) is 0. The van der Waals surface area contributed by atoms with E-state index < -0.39 is 5.60 Å². The molecule has 1 fully saturated rings. The van der Waals surface area contributed by atoms with Crippen LogP contribution in [0.5, 0.6) is 0 Å². The fourth-order valence-corrected chi connectivity index (χ4v) is 3.00. The number of nitrogens with one attached hydrogen (secondary N) is 1. The molecule has 2 atom stereocenters. The lowest BCUT2D eigenvalue weighted by atomic mass is 9.82. The number of hydrogen-bond donors (Lipinski definition) is 2. The fraction of sp³-hybridized carbons (Fsp3) is 0.786. The zero-order valence-electron chi connectivity index (χ0n) is 11.3. The molecule has 0 radical (unpaired) electrons. The van der Waals surface area contributed by atoms with Crippen LogP contribution < -0.4 is 5.32 Å². The third-order valence-corrected chi connectivity index (χ3v) is 4.00. The SMILES string of the molecule is CCOC(=O)/C1=C2\NCC(C)(O)C2CCCCC1. The first-order valence-electron chi connectivity index (χ1n) is 6.92. The van der Waals surface area contributed by atoms with Crippen LogP contribution in [0.15, 0.2) is 11.3 Å². The molecule has 2 unspecified atom stereocenters. The second-order valence-electron chi connectivity index (χ2n) is 5.48. The lowest BCUT2D eigenvalue weighted by Crippen LogP contribution is -2.34. The lowest BCUT2D eigenvalue weighted by molar-refractivity contribution is -0.138. The van der Waals surface area contributed by atoms with Crippen LogP contribution in [-0.4, -0.2) is 29.8 Å². The smallest absolute Gasteiger partial charge is 0.335 e. The Morgan fingerprint density at radius 3 is 3.00 bits per heavy atom. The molecule has 2 rings (SSSR count). The topological polar surface area (TPSA) is 58.6 Å². The summed E-state index contributed by atoms with van der Waals surface area (Å²) < 4.78 is 5.14. The molecule has 1 aliphatic carbocycles. The molecule has 0 aromatic carbocycles. The molecule has 0 bridgehead atoms. The summed E-state index contributed by atoms with van der Waals surface area (Å²) in [6.45, 7) is 4.59. The van der Waals surface area contributed by atoms with Gasteiger partial charge < -0.3 is 15.2 Å². The van der Waals surface area contributed by atoms with Gasteiger partial charge >= 0.3 is 5.97 Å². The van der Waals surface area contributed by atoms with Gasteiger partial charge in [-0.2, -0.15) is 0 Å². The fourth-order valence-electron chi connectivity index (χ4n) is 3.00. The molecule has 0 aromatic heterocycles.